The first-order chi connectivity index (χ1) is 13.4. The summed E-state index contributed by atoms with van der Waals surface area (Å²) in [6.07, 6.45) is -0.515. The molecule has 1 heterocycles. The van der Waals surface area contributed by atoms with Crippen LogP contribution in [0.25, 0.3) is 0 Å². The summed E-state index contributed by atoms with van der Waals surface area (Å²) in [6.45, 7) is 1.34. The molecule has 1 saturated heterocycles. The molecule has 8 heteroatoms. The summed E-state index contributed by atoms with van der Waals surface area (Å²) in [5, 5.41) is 10.6. The fourth-order valence-corrected chi connectivity index (χ4v) is 3.56. The van der Waals surface area contributed by atoms with E-state index in [1.165, 1.54) is 4.90 Å². The Hall–Kier alpha value is -2.28. The topological polar surface area (TPSA) is 70.1 Å². The van der Waals surface area contributed by atoms with Gasteiger partial charge in [0.1, 0.15) is 12.6 Å². The molecule has 1 aliphatic rings. The Labute approximate surface area is 173 Å². The van der Waals surface area contributed by atoms with Crippen LogP contribution in [0.1, 0.15) is 11.1 Å². The van der Waals surface area contributed by atoms with E-state index in [-0.39, 0.29) is 13.2 Å². The third kappa shape index (κ3) is 5.16. The molecule has 0 radical (unpaired) electrons. The minimum atomic E-state index is -0.995. The van der Waals surface area contributed by atoms with Gasteiger partial charge in [-0.3, -0.25) is 9.69 Å². The molecule has 0 spiro atoms. The average molecular weight is 423 g/mol. The summed E-state index contributed by atoms with van der Waals surface area (Å²) in [6, 6.07) is 13.6. The molecule has 3 rings (SSSR count). The second-order valence-corrected chi connectivity index (χ2v) is 7.39. The Morgan fingerprint density at radius 1 is 1.11 bits per heavy atom. The van der Waals surface area contributed by atoms with Gasteiger partial charge in [0.15, 0.2) is 0 Å². The predicted octanol–water partition coefficient (Wildman–Crippen LogP) is 3.90. The highest BCUT2D eigenvalue weighted by Gasteiger charge is 2.35. The third-order valence-corrected chi connectivity index (χ3v) is 5.22. The lowest BCUT2D eigenvalue weighted by atomic mass is 10.1. The average Bonchev–Trinajstić information content (AvgIpc) is 2.69. The number of carboxylic acid groups (broad SMARTS) is 1. The number of carbonyl (C=O) groups excluding carboxylic acids is 1. The molecule has 1 amide bonds. The smallest absolute Gasteiger partial charge is 0.410 e. The number of nitrogens with zero attached hydrogens (tertiary/aromatic N) is 2. The second-order valence-electron chi connectivity index (χ2n) is 6.55. The minimum Gasteiger partial charge on any atom is -0.480 e. The normalized spacial score (nSPS) is 17.4. The summed E-state index contributed by atoms with van der Waals surface area (Å²) < 4.78 is 5.32. The Bertz CT molecular complexity index is 847. The van der Waals surface area contributed by atoms with Gasteiger partial charge < -0.3 is 14.7 Å². The SMILES string of the molecule is O=C(O)[C@@H]1CN(C(=O)OCc2ccccc2)CCN1Cc1ccc(Cl)cc1Cl. The van der Waals surface area contributed by atoms with E-state index >= 15 is 0 Å². The zero-order valence-corrected chi connectivity index (χ0v) is 16.6. The van der Waals surface area contributed by atoms with E-state index in [4.69, 9.17) is 27.9 Å². The summed E-state index contributed by atoms with van der Waals surface area (Å²) in [7, 11) is 0. The van der Waals surface area contributed by atoms with Crippen LogP contribution >= 0.6 is 23.2 Å². The van der Waals surface area contributed by atoms with Crippen molar-refractivity contribution in [3.8, 4) is 0 Å². The largest absolute Gasteiger partial charge is 0.480 e. The number of hydrogen-bond acceptors (Lipinski definition) is 4. The number of ether oxygens (including phenoxy) is 1. The molecule has 1 atom stereocenters. The van der Waals surface area contributed by atoms with E-state index in [0.717, 1.165) is 11.1 Å². The van der Waals surface area contributed by atoms with Crippen LogP contribution in [0.5, 0.6) is 0 Å². The summed E-state index contributed by atoms with van der Waals surface area (Å²) in [4.78, 5) is 27.3. The van der Waals surface area contributed by atoms with Crippen molar-refractivity contribution in [2.24, 2.45) is 0 Å². The van der Waals surface area contributed by atoms with Gasteiger partial charge in [-0.05, 0) is 23.3 Å². The Balaban J connectivity index is 1.61. The van der Waals surface area contributed by atoms with Crippen molar-refractivity contribution < 1.29 is 19.4 Å². The fraction of sp³-hybridized carbons (Fsp3) is 0.300. The first kappa shape index (κ1) is 20.5. The highest BCUT2D eigenvalue weighted by atomic mass is 35.5. The van der Waals surface area contributed by atoms with E-state index in [9.17, 15) is 14.7 Å². The lowest BCUT2D eigenvalue weighted by Crippen LogP contribution is -2.57. The Kier molecular flexibility index (Phi) is 6.78. The van der Waals surface area contributed by atoms with Crippen LogP contribution < -0.4 is 0 Å². The van der Waals surface area contributed by atoms with E-state index in [2.05, 4.69) is 0 Å². The van der Waals surface area contributed by atoms with Gasteiger partial charge in [0, 0.05) is 29.7 Å². The van der Waals surface area contributed by atoms with Gasteiger partial charge in [-0.2, -0.15) is 0 Å². The maximum Gasteiger partial charge on any atom is 0.410 e. The number of piperazine rings is 1. The van der Waals surface area contributed by atoms with E-state index < -0.39 is 18.1 Å². The standard InChI is InChI=1S/C20H20Cl2N2O4/c21-16-7-6-15(17(22)10-16)11-23-8-9-24(12-18(23)19(25)26)20(27)28-13-14-4-2-1-3-5-14/h1-7,10,18H,8-9,11-13H2,(H,25,26)/t18-/m0/s1. The lowest BCUT2D eigenvalue weighted by Gasteiger charge is -2.38. The minimum absolute atomic E-state index is 0.0498. The number of aliphatic carboxylic acids is 1. The maximum atomic E-state index is 12.4. The van der Waals surface area contributed by atoms with Crippen LogP contribution in [-0.2, 0) is 22.7 Å². The van der Waals surface area contributed by atoms with Gasteiger partial charge in [0.25, 0.3) is 0 Å². The molecule has 1 N–H and O–H groups in total. The number of halogens is 2. The molecule has 1 aliphatic heterocycles. The fourth-order valence-electron chi connectivity index (χ4n) is 3.09. The second kappa shape index (κ2) is 9.28. The van der Waals surface area contributed by atoms with Crippen LogP contribution in [0.15, 0.2) is 48.5 Å². The summed E-state index contributed by atoms with van der Waals surface area (Å²) >= 11 is 12.1. The zero-order valence-electron chi connectivity index (χ0n) is 15.1. The molecule has 148 valence electrons. The molecule has 0 aromatic heterocycles. The van der Waals surface area contributed by atoms with E-state index in [1.54, 1.807) is 23.1 Å². The van der Waals surface area contributed by atoms with Crippen LogP contribution in [0, 0.1) is 0 Å². The number of carbonyl (C=O) groups is 2. The number of hydrogen-bond donors (Lipinski definition) is 1. The van der Waals surface area contributed by atoms with Gasteiger partial charge in [-0.25, -0.2) is 4.79 Å². The van der Waals surface area contributed by atoms with Crippen molar-refractivity contribution in [1.29, 1.82) is 0 Å². The predicted molar refractivity (Wildman–Crippen MR) is 106 cm³/mol. The van der Waals surface area contributed by atoms with Gasteiger partial charge >= 0.3 is 12.1 Å². The zero-order chi connectivity index (χ0) is 20.1. The van der Waals surface area contributed by atoms with Gasteiger partial charge in [-0.15, -0.1) is 0 Å². The molecule has 28 heavy (non-hydrogen) atoms. The number of amides is 1. The van der Waals surface area contributed by atoms with Crippen molar-refractivity contribution >= 4 is 35.3 Å². The lowest BCUT2D eigenvalue weighted by molar-refractivity contribution is -0.145. The molecule has 2 aromatic carbocycles. The molecule has 0 bridgehead atoms. The molecular formula is C20H20Cl2N2O4. The highest BCUT2D eigenvalue weighted by molar-refractivity contribution is 6.35. The van der Waals surface area contributed by atoms with Gasteiger partial charge in [0.2, 0.25) is 0 Å². The first-order valence-corrected chi connectivity index (χ1v) is 9.56. The number of carboxylic acids is 1. The summed E-state index contributed by atoms with van der Waals surface area (Å²) in [5.41, 5.74) is 1.67. The van der Waals surface area contributed by atoms with Crippen LogP contribution in [0.4, 0.5) is 4.79 Å². The van der Waals surface area contributed by atoms with Crippen molar-refractivity contribution in [3.63, 3.8) is 0 Å². The van der Waals surface area contributed by atoms with Crippen molar-refractivity contribution in [3.05, 3.63) is 69.7 Å². The van der Waals surface area contributed by atoms with Crippen molar-refractivity contribution in [2.75, 3.05) is 19.6 Å². The molecule has 0 aliphatic carbocycles. The molecule has 0 saturated carbocycles. The van der Waals surface area contributed by atoms with Gasteiger partial charge in [0.05, 0.1) is 6.54 Å². The summed E-state index contributed by atoms with van der Waals surface area (Å²) in [5.74, 6) is -0.995. The van der Waals surface area contributed by atoms with Crippen LogP contribution in [-0.4, -0.2) is 52.6 Å². The van der Waals surface area contributed by atoms with E-state index in [0.29, 0.717) is 29.7 Å². The first-order valence-electron chi connectivity index (χ1n) is 8.80. The Morgan fingerprint density at radius 3 is 2.54 bits per heavy atom. The number of benzene rings is 2. The third-order valence-electron chi connectivity index (χ3n) is 4.63. The molecular weight excluding hydrogens is 403 g/mol. The molecule has 0 unspecified atom stereocenters. The quantitative estimate of drug-likeness (QED) is 0.790. The number of rotatable bonds is 5. The molecule has 2 aromatic rings. The van der Waals surface area contributed by atoms with Gasteiger partial charge in [-0.1, -0.05) is 59.6 Å². The Morgan fingerprint density at radius 2 is 1.86 bits per heavy atom. The van der Waals surface area contributed by atoms with Crippen molar-refractivity contribution in [1.82, 2.24) is 9.80 Å². The van der Waals surface area contributed by atoms with E-state index in [1.807, 2.05) is 30.3 Å². The monoisotopic (exact) mass is 422 g/mol. The maximum absolute atomic E-state index is 12.4. The van der Waals surface area contributed by atoms with Crippen LogP contribution in [0.3, 0.4) is 0 Å². The molecule has 1 fully saturated rings. The highest BCUT2D eigenvalue weighted by Crippen LogP contribution is 2.24. The molecule has 6 nitrogen and oxygen atoms in total. The van der Waals surface area contributed by atoms with Crippen LogP contribution in [0.2, 0.25) is 10.0 Å². The van der Waals surface area contributed by atoms with Crippen molar-refractivity contribution in [2.45, 2.75) is 19.2 Å².